The summed E-state index contributed by atoms with van der Waals surface area (Å²) >= 11 is 5.85. The van der Waals surface area contributed by atoms with Crippen LogP contribution < -0.4 is 10.4 Å². The van der Waals surface area contributed by atoms with Crippen LogP contribution in [0.2, 0.25) is 5.02 Å². The molecule has 0 heterocycles. The van der Waals surface area contributed by atoms with E-state index in [2.05, 4.69) is 5.32 Å². The zero-order chi connectivity index (χ0) is 21.1. The molecule has 1 aliphatic carbocycles. The van der Waals surface area contributed by atoms with Crippen molar-refractivity contribution in [1.82, 2.24) is 5.32 Å². The highest BCUT2D eigenvalue weighted by atomic mass is 35.5. The second-order valence-corrected chi connectivity index (χ2v) is 7.61. The molecule has 0 fully saturated rings. The first-order valence-electron chi connectivity index (χ1n) is 9.59. The molecule has 0 saturated carbocycles. The lowest BCUT2D eigenvalue weighted by Crippen LogP contribution is -2.49. The van der Waals surface area contributed by atoms with Crippen molar-refractivity contribution in [2.75, 3.05) is 6.61 Å². The Hall–Kier alpha value is -3.31. The summed E-state index contributed by atoms with van der Waals surface area (Å²) in [7, 11) is 0. The van der Waals surface area contributed by atoms with Gasteiger partial charge in [0.05, 0.1) is 12.0 Å². The van der Waals surface area contributed by atoms with Crippen molar-refractivity contribution in [3.63, 3.8) is 0 Å². The van der Waals surface area contributed by atoms with Crippen LogP contribution in [0.15, 0.2) is 72.8 Å². The summed E-state index contributed by atoms with van der Waals surface area (Å²) in [6.45, 7) is 0.112. The molecule has 0 radical (unpaired) electrons. The van der Waals surface area contributed by atoms with Crippen LogP contribution in [0.3, 0.4) is 0 Å². The van der Waals surface area contributed by atoms with Gasteiger partial charge in [-0.2, -0.15) is 0 Å². The SMILES string of the molecule is O=C(NC(Cc1ccc(Cl)cc1)C(=O)[O-])OCC1c2ccccc2-c2ccccc21. The Morgan fingerprint density at radius 3 is 2.07 bits per heavy atom. The molecule has 0 spiro atoms. The van der Waals surface area contributed by atoms with Crippen LogP contribution in [0.1, 0.15) is 22.6 Å². The number of benzene rings is 3. The zero-order valence-electron chi connectivity index (χ0n) is 16.0. The lowest BCUT2D eigenvalue weighted by molar-refractivity contribution is -0.308. The van der Waals surface area contributed by atoms with Crippen molar-refractivity contribution in [3.8, 4) is 11.1 Å². The minimum atomic E-state index is -1.38. The standard InChI is InChI=1S/C24H20ClNO4/c25-16-11-9-15(10-12-16)13-22(23(27)28)26-24(29)30-14-21-19-7-3-1-5-17(19)18-6-2-4-8-20(18)21/h1-12,21-22H,13-14H2,(H,26,29)(H,27,28)/p-1. The number of hydrogen-bond acceptors (Lipinski definition) is 4. The van der Waals surface area contributed by atoms with Gasteiger partial charge in [0, 0.05) is 10.9 Å². The number of aliphatic carboxylic acids is 1. The maximum absolute atomic E-state index is 12.3. The van der Waals surface area contributed by atoms with Crippen molar-refractivity contribution >= 4 is 23.7 Å². The lowest BCUT2D eigenvalue weighted by atomic mass is 9.98. The number of rotatable bonds is 6. The molecule has 3 aromatic rings. The van der Waals surface area contributed by atoms with E-state index in [-0.39, 0.29) is 18.9 Å². The van der Waals surface area contributed by atoms with E-state index in [9.17, 15) is 14.7 Å². The van der Waals surface area contributed by atoms with E-state index in [1.54, 1.807) is 24.3 Å². The van der Waals surface area contributed by atoms with Gasteiger partial charge in [0.2, 0.25) is 0 Å². The molecule has 6 heteroatoms. The number of hydrogen-bond donors (Lipinski definition) is 1. The van der Waals surface area contributed by atoms with Crippen LogP contribution in [0.4, 0.5) is 4.79 Å². The number of carboxylic acid groups (broad SMARTS) is 1. The van der Waals surface area contributed by atoms with Crippen LogP contribution in [-0.4, -0.2) is 24.7 Å². The summed E-state index contributed by atoms with van der Waals surface area (Å²) < 4.78 is 5.41. The van der Waals surface area contributed by atoms with Gasteiger partial charge in [-0.1, -0.05) is 72.3 Å². The maximum atomic E-state index is 12.3. The normalized spacial score (nSPS) is 13.2. The summed E-state index contributed by atoms with van der Waals surface area (Å²) in [6.07, 6.45) is -0.719. The molecule has 1 amide bonds. The zero-order valence-corrected chi connectivity index (χ0v) is 16.8. The number of halogens is 1. The number of carboxylic acids is 1. The van der Waals surface area contributed by atoms with Crippen molar-refractivity contribution < 1.29 is 19.4 Å². The fourth-order valence-corrected chi connectivity index (χ4v) is 3.96. The Bertz CT molecular complexity index is 1040. The summed E-state index contributed by atoms with van der Waals surface area (Å²) in [4.78, 5) is 23.8. The lowest BCUT2D eigenvalue weighted by Gasteiger charge is -2.21. The van der Waals surface area contributed by atoms with Gasteiger partial charge in [-0.15, -0.1) is 0 Å². The smallest absolute Gasteiger partial charge is 0.407 e. The molecule has 152 valence electrons. The van der Waals surface area contributed by atoms with Gasteiger partial charge in [-0.3, -0.25) is 0 Å². The largest absolute Gasteiger partial charge is 0.548 e. The molecule has 0 aromatic heterocycles. The molecule has 4 rings (SSSR count). The minimum absolute atomic E-state index is 0.0731. The van der Waals surface area contributed by atoms with Crippen LogP contribution in [-0.2, 0) is 16.0 Å². The third-order valence-corrected chi connectivity index (χ3v) is 5.53. The van der Waals surface area contributed by atoms with Crippen LogP contribution in [0.5, 0.6) is 0 Å². The summed E-state index contributed by atoms with van der Waals surface area (Å²) in [5.74, 6) is -1.47. The second-order valence-electron chi connectivity index (χ2n) is 7.17. The van der Waals surface area contributed by atoms with E-state index in [0.717, 1.165) is 22.3 Å². The summed E-state index contributed by atoms with van der Waals surface area (Å²) in [6, 6.07) is 21.5. The highest BCUT2D eigenvalue weighted by molar-refractivity contribution is 6.30. The van der Waals surface area contributed by atoms with Gasteiger partial charge >= 0.3 is 6.09 Å². The van der Waals surface area contributed by atoms with Crippen molar-refractivity contribution in [3.05, 3.63) is 94.5 Å². The van der Waals surface area contributed by atoms with Gasteiger partial charge in [-0.25, -0.2) is 4.79 Å². The van der Waals surface area contributed by atoms with Crippen molar-refractivity contribution in [2.45, 2.75) is 18.4 Å². The molecular weight excluding hydrogens is 402 g/mol. The second kappa shape index (κ2) is 8.59. The highest BCUT2D eigenvalue weighted by Crippen LogP contribution is 2.44. The Morgan fingerprint density at radius 2 is 1.50 bits per heavy atom. The first-order valence-corrected chi connectivity index (χ1v) is 9.97. The summed E-state index contributed by atoms with van der Waals surface area (Å²) in [5, 5.41) is 14.4. The van der Waals surface area contributed by atoms with Gasteiger partial charge in [0.25, 0.3) is 0 Å². The predicted molar refractivity (Wildman–Crippen MR) is 112 cm³/mol. The number of nitrogens with one attached hydrogen (secondary N) is 1. The van der Waals surface area contributed by atoms with E-state index in [4.69, 9.17) is 16.3 Å². The Morgan fingerprint density at radius 1 is 0.933 bits per heavy atom. The topological polar surface area (TPSA) is 78.5 Å². The number of carbonyl (C=O) groups excluding carboxylic acids is 2. The average Bonchev–Trinajstić information content (AvgIpc) is 3.07. The average molecular weight is 421 g/mol. The number of ether oxygens (including phenoxy) is 1. The van der Waals surface area contributed by atoms with Gasteiger partial charge in [0.15, 0.2) is 0 Å². The molecule has 1 N–H and O–H groups in total. The van der Waals surface area contributed by atoms with Gasteiger partial charge in [-0.05, 0) is 46.4 Å². The molecule has 1 aliphatic rings. The third-order valence-electron chi connectivity index (χ3n) is 5.27. The molecule has 0 saturated heterocycles. The van der Waals surface area contributed by atoms with E-state index in [0.29, 0.717) is 10.6 Å². The molecule has 1 unspecified atom stereocenters. The van der Waals surface area contributed by atoms with E-state index >= 15 is 0 Å². The number of amides is 1. The highest BCUT2D eigenvalue weighted by Gasteiger charge is 2.29. The van der Waals surface area contributed by atoms with Crippen LogP contribution in [0.25, 0.3) is 11.1 Å². The maximum Gasteiger partial charge on any atom is 0.407 e. The molecular formula is C24H19ClNO4-. The molecule has 3 aromatic carbocycles. The Kier molecular flexibility index (Phi) is 5.72. The molecule has 5 nitrogen and oxygen atoms in total. The van der Waals surface area contributed by atoms with Crippen molar-refractivity contribution in [1.29, 1.82) is 0 Å². The third kappa shape index (κ3) is 4.16. The van der Waals surface area contributed by atoms with E-state index in [1.165, 1.54) is 0 Å². The van der Waals surface area contributed by atoms with Gasteiger partial charge in [0.1, 0.15) is 6.61 Å². The Labute approximate surface area is 179 Å². The Balaban J connectivity index is 1.43. The predicted octanol–water partition coefficient (Wildman–Crippen LogP) is 3.54. The van der Waals surface area contributed by atoms with E-state index < -0.39 is 18.1 Å². The fourth-order valence-electron chi connectivity index (χ4n) is 3.83. The van der Waals surface area contributed by atoms with Crippen LogP contribution in [0, 0.1) is 0 Å². The summed E-state index contributed by atoms with van der Waals surface area (Å²) in [5.41, 5.74) is 5.13. The first-order chi connectivity index (χ1) is 14.5. The van der Waals surface area contributed by atoms with Crippen LogP contribution >= 0.6 is 11.6 Å². The van der Waals surface area contributed by atoms with Crippen molar-refractivity contribution in [2.24, 2.45) is 0 Å². The number of alkyl carbamates (subject to hydrolysis) is 1. The van der Waals surface area contributed by atoms with Gasteiger partial charge < -0.3 is 20.0 Å². The van der Waals surface area contributed by atoms with E-state index in [1.807, 2.05) is 48.5 Å². The molecule has 1 atom stereocenters. The molecule has 0 aliphatic heterocycles. The first kappa shape index (κ1) is 20.0. The molecule has 30 heavy (non-hydrogen) atoms. The quantitative estimate of drug-likeness (QED) is 0.661. The minimum Gasteiger partial charge on any atom is -0.548 e. The molecule has 0 bridgehead atoms. The number of carbonyl (C=O) groups is 2. The monoisotopic (exact) mass is 420 g/mol. The number of fused-ring (bicyclic) bond motifs is 3. The fraction of sp³-hybridized carbons (Fsp3) is 0.167.